The molecule has 0 rings (SSSR count). The van der Waals surface area contributed by atoms with Gasteiger partial charge in [-0.3, -0.25) is 14.4 Å². The van der Waals surface area contributed by atoms with E-state index in [2.05, 4.69) is 27.7 Å². The van der Waals surface area contributed by atoms with Crippen LogP contribution in [0.25, 0.3) is 0 Å². The van der Waals surface area contributed by atoms with Gasteiger partial charge in [0.15, 0.2) is 6.10 Å². The van der Waals surface area contributed by atoms with Crippen molar-refractivity contribution in [2.75, 3.05) is 13.2 Å². The Hall–Kier alpha value is -1.59. The van der Waals surface area contributed by atoms with Gasteiger partial charge in [-0.05, 0) is 25.2 Å². The van der Waals surface area contributed by atoms with Gasteiger partial charge in [0.1, 0.15) is 13.2 Å². The lowest BCUT2D eigenvalue weighted by Crippen LogP contribution is -2.30. The summed E-state index contributed by atoms with van der Waals surface area (Å²) < 4.78 is 16.9. The molecule has 0 aliphatic rings. The number of rotatable bonds is 55. The summed E-state index contributed by atoms with van der Waals surface area (Å²) in [6, 6.07) is 0. The van der Waals surface area contributed by atoms with Gasteiger partial charge < -0.3 is 14.2 Å². The van der Waals surface area contributed by atoms with Crippen LogP contribution in [0.2, 0.25) is 0 Å². The Balaban J connectivity index is 4.28. The van der Waals surface area contributed by atoms with Crippen LogP contribution in [-0.4, -0.2) is 37.2 Å². The van der Waals surface area contributed by atoms with Crippen molar-refractivity contribution in [2.45, 2.75) is 348 Å². The molecule has 6 heteroatoms. The Morgan fingerprint density at radius 1 is 0.288 bits per heavy atom. The van der Waals surface area contributed by atoms with E-state index in [0.717, 1.165) is 63.7 Å². The topological polar surface area (TPSA) is 78.9 Å². The predicted molar refractivity (Wildman–Crippen MR) is 284 cm³/mol. The molecule has 0 unspecified atom stereocenters. The number of unbranched alkanes of at least 4 members (excludes halogenated alkanes) is 42. The predicted octanol–water partition coefficient (Wildman–Crippen LogP) is 19.8. The van der Waals surface area contributed by atoms with Crippen LogP contribution in [0.5, 0.6) is 0 Å². The molecule has 0 bridgehead atoms. The molecule has 0 N–H and O–H groups in total. The molecular weight excluding hydrogens is 817 g/mol. The van der Waals surface area contributed by atoms with Gasteiger partial charge in [-0.25, -0.2) is 0 Å². The number of esters is 3. The van der Waals surface area contributed by atoms with Crippen molar-refractivity contribution in [3.8, 4) is 0 Å². The molecule has 0 aromatic rings. The fraction of sp³-hybridized carbons (Fsp3) is 0.950. The second kappa shape index (κ2) is 54.4. The van der Waals surface area contributed by atoms with E-state index in [1.807, 2.05) is 0 Å². The van der Waals surface area contributed by atoms with Crippen molar-refractivity contribution in [1.29, 1.82) is 0 Å². The van der Waals surface area contributed by atoms with Crippen LogP contribution in [0.15, 0.2) is 0 Å². The van der Waals surface area contributed by atoms with Crippen molar-refractivity contribution >= 4 is 17.9 Å². The first-order valence-corrected chi connectivity index (χ1v) is 29.9. The summed E-state index contributed by atoms with van der Waals surface area (Å²) in [5.74, 6) is -0.00674. The third-order valence-electron chi connectivity index (χ3n) is 13.8. The minimum Gasteiger partial charge on any atom is -0.462 e. The van der Waals surface area contributed by atoms with Gasteiger partial charge in [0.05, 0.1) is 0 Å². The summed E-state index contributed by atoms with van der Waals surface area (Å²) in [6.07, 6.45) is 59.5. The van der Waals surface area contributed by atoms with E-state index in [1.165, 1.54) is 238 Å². The third kappa shape index (κ3) is 53.4. The molecule has 66 heavy (non-hydrogen) atoms. The van der Waals surface area contributed by atoms with Gasteiger partial charge in [0.2, 0.25) is 0 Å². The second-order valence-electron chi connectivity index (χ2n) is 21.1. The molecule has 0 amide bonds. The molecule has 0 aromatic carbocycles. The van der Waals surface area contributed by atoms with Gasteiger partial charge in [-0.15, -0.1) is 0 Å². The van der Waals surface area contributed by atoms with Crippen LogP contribution in [0, 0.1) is 5.92 Å². The molecule has 0 saturated carbocycles. The maximum Gasteiger partial charge on any atom is 0.306 e. The summed E-state index contributed by atoms with van der Waals surface area (Å²) in [7, 11) is 0. The van der Waals surface area contributed by atoms with Crippen LogP contribution >= 0.6 is 0 Å². The van der Waals surface area contributed by atoms with Crippen LogP contribution in [-0.2, 0) is 28.6 Å². The highest BCUT2D eigenvalue weighted by molar-refractivity contribution is 5.71. The molecule has 1 atom stereocenters. The van der Waals surface area contributed by atoms with E-state index < -0.39 is 6.10 Å². The molecule has 0 fully saturated rings. The highest BCUT2D eigenvalue weighted by Gasteiger charge is 2.19. The first-order chi connectivity index (χ1) is 32.4. The maximum atomic E-state index is 12.9. The molecular formula is C60H116O6. The van der Waals surface area contributed by atoms with Gasteiger partial charge in [0.25, 0.3) is 0 Å². The Morgan fingerprint density at radius 2 is 0.500 bits per heavy atom. The molecule has 392 valence electrons. The molecule has 0 spiro atoms. The Kier molecular flexibility index (Phi) is 53.0. The lowest BCUT2D eigenvalue weighted by atomic mass is 10.0. The Labute approximate surface area is 412 Å². The van der Waals surface area contributed by atoms with Crippen molar-refractivity contribution in [3.05, 3.63) is 0 Å². The van der Waals surface area contributed by atoms with Crippen LogP contribution < -0.4 is 0 Å². The normalized spacial score (nSPS) is 12.0. The van der Waals surface area contributed by atoms with Crippen LogP contribution in [0.3, 0.4) is 0 Å². The first kappa shape index (κ1) is 64.4. The number of hydrogen-bond acceptors (Lipinski definition) is 6. The number of ether oxygens (including phenoxy) is 3. The lowest BCUT2D eigenvalue weighted by molar-refractivity contribution is -0.167. The van der Waals surface area contributed by atoms with Gasteiger partial charge in [-0.1, -0.05) is 304 Å². The Bertz CT molecular complexity index is 996. The van der Waals surface area contributed by atoms with Crippen molar-refractivity contribution < 1.29 is 28.6 Å². The van der Waals surface area contributed by atoms with E-state index in [1.54, 1.807) is 0 Å². The average Bonchev–Trinajstić information content (AvgIpc) is 3.30. The van der Waals surface area contributed by atoms with Crippen molar-refractivity contribution in [2.24, 2.45) is 5.92 Å². The second-order valence-corrected chi connectivity index (χ2v) is 21.1. The van der Waals surface area contributed by atoms with E-state index >= 15 is 0 Å². The van der Waals surface area contributed by atoms with E-state index in [-0.39, 0.29) is 31.1 Å². The molecule has 0 aliphatic carbocycles. The summed E-state index contributed by atoms with van der Waals surface area (Å²) in [5, 5.41) is 0. The smallest absolute Gasteiger partial charge is 0.306 e. The quantitative estimate of drug-likeness (QED) is 0.0343. The first-order valence-electron chi connectivity index (χ1n) is 29.9. The molecule has 6 nitrogen and oxygen atoms in total. The minimum absolute atomic E-state index is 0.0618. The maximum absolute atomic E-state index is 12.9. The Morgan fingerprint density at radius 3 is 0.742 bits per heavy atom. The summed E-state index contributed by atoms with van der Waals surface area (Å²) in [5.41, 5.74) is 0. The third-order valence-corrected chi connectivity index (χ3v) is 13.8. The summed E-state index contributed by atoms with van der Waals surface area (Å²) >= 11 is 0. The van der Waals surface area contributed by atoms with E-state index in [0.29, 0.717) is 19.3 Å². The fourth-order valence-electron chi connectivity index (χ4n) is 9.28. The monoisotopic (exact) mass is 933 g/mol. The highest BCUT2D eigenvalue weighted by Crippen LogP contribution is 2.18. The summed E-state index contributed by atoms with van der Waals surface area (Å²) in [6.45, 7) is 9.06. The van der Waals surface area contributed by atoms with Crippen molar-refractivity contribution in [1.82, 2.24) is 0 Å². The molecule has 0 radical (unpaired) electrons. The fourth-order valence-corrected chi connectivity index (χ4v) is 9.28. The molecule has 0 heterocycles. The van der Waals surface area contributed by atoms with Crippen LogP contribution in [0.1, 0.15) is 342 Å². The number of carbonyl (C=O) groups is 3. The van der Waals surface area contributed by atoms with E-state index in [4.69, 9.17) is 14.2 Å². The standard InChI is InChI=1S/C60H116O6/c1-5-7-9-11-13-15-17-19-21-22-23-24-26-28-32-37-41-45-49-53-60(63)66-57(55-65-59(62)52-48-44-40-36-33-29-30-34-38-42-46-50-56(3)4)54-64-58(61)51-47-43-39-35-31-27-25-20-18-16-14-12-10-8-6-2/h56-57H,5-55H2,1-4H3/t57-/m0/s1. The largest absolute Gasteiger partial charge is 0.462 e. The van der Waals surface area contributed by atoms with Crippen molar-refractivity contribution in [3.63, 3.8) is 0 Å². The lowest BCUT2D eigenvalue weighted by Gasteiger charge is -2.18. The highest BCUT2D eigenvalue weighted by atomic mass is 16.6. The number of hydrogen-bond donors (Lipinski definition) is 0. The SMILES string of the molecule is CCCCCCCCCCCCCCCCCCCCCC(=O)O[C@@H](COC(=O)CCCCCCCCCCCCCCCCC)COC(=O)CCCCCCCCCCCCCC(C)C. The zero-order valence-electron chi connectivity index (χ0n) is 45.2. The minimum atomic E-state index is -0.762. The molecule has 0 aliphatic heterocycles. The molecule has 0 aromatic heterocycles. The van der Waals surface area contributed by atoms with Crippen LogP contribution in [0.4, 0.5) is 0 Å². The average molecular weight is 934 g/mol. The van der Waals surface area contributed by atoms with Gasteiger partial charge in [-0.2, -0.15) is 0 Å². The van der Waals surface area contributed by atoms with Gasteiger partial charge in [0, 0.05) is 19.3 Å². The summed E-state index contributed by atoms with van der Waals surface area (Å²) in [4.78, 5) is 38.2. The van der Waals surface area contributed by atoms with Gasteiger partial charge >= 0.3 is 17.9 Å². The molecule has 0 saturated heterocycles. The zero-order chi connectivity index (χ0) is 48.1. The zero-order valence-corrected chi connectivity index (χ0v) is 45.2. The number of carbonyl (C=O) groups excluding carboxylic acids is 3. The van der Waals surface area contributed by atoms with E-state index in [9.17, 15) is 14.4 Å².